The maximum atomic E-state index is 15.0. The number of Topliss-reactive ketones (excluding diaryl/α,β-unsaturated/α-hetero) is 1. The van der Waals surface area contributed by atoms with E-state index in [1.54, 1.807) is 24.4 Å². The standard InChI is InChI=1S/C33H35FN4O4S/c34-26-16-22(15-25(40)14-21-2-1-3-21)5-7-29(26)42-30-8-11-35-28-17-31(43-33(28)30)27-6-4-23(18-36-27)19-38-12-9-24(10-13-38)37-32(41)20-39/h4-8,11,16-18,21,24,39H,1-3,9-10,12-15,19-20H2,(H,37,41). The second kappa shape index (κ2) is 13.3. The van der Waals surface area contributed by atoms with Crippen molar-refractivity contribution in [3.63, 3.8) is 0 Å². The lowest BCUT2D eigenvalue weighted by Crippen LogP contribution is -2.45. The number of nitrogens with one attached hydrogen (secondary N) is 1. The molecule has 2 aliphatic rings. The summed E-state index contributed by atoms with van der Waals surface area (Å²) >= 11 is 1.50. The van der Waals surface area contributed by atoms with Crippen LogP contribution < -0.4 is 10.1 Å². The number of carbonyl (C=O) groups is 2. The van der Waals surface area contributed by atoms with Gasteiger partial charge in [0.2, 0.25) is 5.91 Å². The van der Waals surface area contributed by atoms with Gasteiger partial charge in [0, 0.05) is 57.0 Å². The summed E-state index contributed by atoms with van der Waals surface area (Å²) in [4.78, 5) is 36.2. The molecule has 1 aromatic carbocycles. The molecule has 3 aromatic heterocycles. The molecule has 1 aliphatic carbocycles. The van der Waals surface area contributed by atoms with Crippen LogP contribution in [0.15, 0.2) is 54.9 Å². The lowest BCUT2D eigenvalue weighted by molar-refractivity contribution is -0.125. The van der Waals surface area contributed by atoms with Gasteiger partial charge < -0.3 is 15.2 Å². The van der Waals surface area contributed by atoms with E-state index in [0.29, 0.717) is 23.7 Å². The summed E-state index contributed by atoms with van der Waals surface area (Å²) in [5.74, 6) is 0.476. The number of carbonyl (C=O) groups excluding carboxylic acids is 2. The number of amides is 1. The highest BCUT2D eigenvalue weighted by atomic mass is 32.1. The number of ketones is 1. The molecule has 4 aromatic rings. The fourth-order valence-electron chi connectivity index (χ4n) is 5.73. The summed E-state index contributed by atoms with van der Waals surface area (Å²) in [6.45, 7) is 2.04. The average Bonchev–Trinajstić information content (AvgIpc) is 3.43. The minimum Gasteiger partial charge on any atom is -0.453 e. The molecule has 1 saturated heterocycles. The molecule has 6 rings (SSSR count). The predicted octanol–water partition coefficient (Wildman–Crippen LogP) is 5.66. The van der Waals surface area contributed by atoms with Crippen LogP contribution in [0.4, 0.5) is 4.39 Å². The normalized spacial score (nSPS) is 16.2. The van der Waals surface area contributed by atoms with Crippen molar-refractivity contribution in [2.75, 3.05) is 19.7 Å². The predicted molar refractivity (Wildman–Crippen MR) is 164 cm³/mol. The summed E-state index contributed by atoms with van der Waals surface area (Å²) in [7, 11) is 0. The van der Waals surface area contributed by atoms with Crippen molar-refractivity contribution in [1.82, 2.24) is 20.2 Å². The van der Waals surface area contributed by atoms with Gasteiger partial charge in [0.25, 0.3) is 0 Å². The second-order valence-corrected chi connectivity index (χ2v) is 12.6. The first kappa shape index (κ1) is 29.3. The molecule has 1 amide bonds. The van der Waals surface area contributed by atoms with Crippen LogP contribution in [-0.2, 0) is 22.6 Å². The molecule has 0 spiro atoms. The van der Waals surface area contributed by atoms with Crippen LogP contribution in [0, 0.1) is 11.7 Å². The third-order valence-electron chi connectivity index (χ3n) is 8.31. The fraction of sp³-hybridized carbons (Fsp3) is 0.394. The number of aromatic nitrogens is 2. The number of likely N-dealkylation sites (tertiary alicyclic amines) is 1. The molecule has 224 valence electrons. The molecule has 1 aliphatic heterocycles. The Balaban J connectivity index is 1.09. The Labute approximate surface area is 253 Å². The molecule has 10 heteroatoms. The minimum absolute atomic E-state index is 0.111. The highest BCUT2D eigenvalue weighted by Gasteiger charge is 2.22. The number of nitrogens with zero attached hydrogens (tertiary/aromatic N) is 3. The SMILES string of the molecule is O=C(Cc1ccc(Oc2ccnc3cc(-c4ccc(CN5CCC(NC(=O)CO)CC5)cn4)sc23)c(F)c1)CC1CCC1. The molecular formula is C33H35FN4O4S. The van der Waals surface area contributed by atoms with E-state index in [9.17, 15) is 14.0 Å². The number of hydrogen-bond acceptors (Lipinski definition) is 8. The largest absolute Gasteiger partial charge is 0.453 e. The molecular weight excluding hydrogens is 567 g/mol. The lowest BCUT2D eigenvalue weighted by Gasteiger charge is -2.32. The number of halogens is 1. The maximum absolute atomic E-state index is 15.0. The first-order valence-corrected chi connectivity index (χ1v) is 15.7. The smallest absolute Gasteiger partial charge is 0.245 e. The molecule has 2 N–H and O–H groups in total. The van der Waals surface area contributed by atoms with Crippen molar-refractivity contribution in [3.05, 3.63) is 71.8 Å². The molecule has 0 unspecified atom stereocenters. The third-order valence-corrected chi connectivity index (χ3v) is 9.48. The van der Waals surface area contributed by atoms with Crippen molar-refractivity contribution in [1.29, 1.82) is 0 Å². The van der Waals surface area contributed by atoms with E-state index in [4.69, 9.17) is 14.8 Å². The Bertz CT molecular complexity index is 1600. The van der Waals surface area contributed by atoms with Gasteiger partial charge in [0.05, 0.1) is 20.8 Å². The van der Waals surface area contributed by atoms with Gasteiger partial charge in [-0.15, -0.1) is 11.3 Å². The number of aliphatic hydroxyl groups excluding tert-OH is 1. The van der Waals surface area contributed by atoms with E-state index >= 15 is 0 Å². The van der Waals surface area contributed by atoms with Crippen LogP contribution in [0.5, 0.6) is 11.5 Å². The molecule has 8 nitrogen and oxygen atoms in total. The Morgan fingerprint density at radius 2 is 1.84 bits per heavy atom. The zero-order valence-electron chi connectivity index (χ0n) is 23.9. The first-order valence-electron chi connectivity index (χ1n) is 14.9. The Morgan fingerprint density at radius 1 is 1.02 bits per heavy atom. The number of piperidine rings is 1. The highest BCUT2D eigenvalue weighted by Crippen LogP contribution is 2.39. The number of fused-ring (bicyclic) bond motifs is 1. The summed E-state index contributed by atoms with van der Waals surface area (Å²) in [5, 5.41) is 11.8. The number of aliphatic hydroxyl groups is 1. The van der Waals surface area contributed by atoms with Crippen LogP contribution in [0.25, 0.3) is 20.8 Å². The number of ether oxygens (including phenoxy) is 1. The highest BCUT2D eigenvalue weighted by molar-refractivity contribution is 7.22. The van der Waals surface area contributed by atoms with Gasteiger partial charge in [-0.1, -0.05) is 31.4 Å². The molecule has 2 fully saturated rings. The van der Waals surface area contributed by atoms with E-state index < -0.39 is 12.4 Å². The molecule has 43 heavy (non-hydrogen) atoms. The van der Waals surface area contributed by atoms with Crippen molar-refractivity contribution in [3.8, 4) is 22.1 Å². The number of pyridine rings is 2. The Hall–Kier alpha value is -3.73. The van der Waals surface area contributed by atoms with Crippen LogP contribution >= 0.6 is 11.3 Å². The third kappa shape index (κ3) is 7.26. The average molecular weight is 603 g/mol. The number of thiophene rings is 1. The van der Waals surface area contributed by atoms with Gasteiger partial charge in [-0.2, -0.15) is 0 Å². The lowest BCUT2D eigenvalue weighted by atomic mass is 9.81. The van der Waals surface area contributed by atoms with E-state index in [1.807, 2.05) is 18.3 Å². The van der Waals surface area contributed by atoms with Crippen molar-refractivity contribution < 1.29 is 23.8 Å². The minimum atomic E-state index is -0.493. The van der Waals surface area contributed by atoms with Crippen LogP contribution in [0.3, 0.4) is 0 Å². The topological polar surface area (TPSA) is 105 Å². The van der Waals surface area contributed by atoms with Gasteiger partial charge in [0.15, 0.2) is 11.6 Å². The molecule has 0 atom stereocenters. The quantitative estimate of drug-likeness (QED) is 0.228. The molecule has 1 saturated carbocycles. The van der Waals surface area contributed by atoms with Crippen LogP contribution in [0.1, 0.15) is 49.7 Å². The molecule has 0 radical (unpaired) electrons. The van der Waals surface area contributed by atoms with Crippen molar-refractivity contribution in [2.45, 2.75) is 57.5 Å². The summed E-state index contributed by atoms with van der Waals surface area (Å²) in [6, 6.07) is 12.6. The van der Waals surface area contributed by atoms with Gasteiger partial charge in [0.1, 0.15) is 18.1 Å². The van der Waals surface area contributed by atoms with Gasteiger partial charge in [-0.25, -0.2) is 4.39 Å². The zero-order chi connectivity index (χ0) is 29.8. The Morgan fingerprint density at radius 3 is 2.53 bits per heavy atom. The summed E-state index contributed by atoms with van der Waals surface area (Å²) in [6.07, 6.45) is 9.51. The Kier molecular flexibility index (Phi) is 9.06. The van der Waals surface area contributed by atoms with E-state index in [1.165, 1.54) is 23.8 Å². The first-order chi connectivity index (χ1) is 20.9. The van der Waals surface area contributed by atoms with E-state index in [-0.39, 0.29) is 29.9 Å². The molecule has 0 bridgehead atoms. The summed E-state index contributed by atoms with van der Waals surface area (Å²) < 4.78 is 21.8. The van der Waals surface area contributed by atoms with Crippen molar-refractivity contribution in [2.24, 2.45) is 5.92 Å². The van der Waals surface area contributed by atoms with Gasteiger partial charge in [-0.05, 0) is 54.2 Å². The fourth-order valence-corrected chi connectivity index (χ4v) is 6.77. The molecule has 4 heterocycles. The van der Waals surface area contributed by atoms with Crippen LogP contribution in [0.2, 0.25) is 0 Å². The van der Waals surface area contributed by atoms with Crippen LogP contribution in [-0.4, -0.2) is 57.4 Å². The zero-order valence-corrected chi connectivity index (χ0v) is 24.7. The summed E-state index contributed by atoms with van der Waals surface area (Å²) in [5.41, 5.74) is 3.34. The maximum Gasteiger partial charge on any atom is 0.245 e. The number of hydrogen-bond donors (Lipinski definition) is 2. The van der Waals surface area contributed by atoms with E-state index in [2.05, 4.69) is 21.3 Å². The van der Waals surface area contributed by atoms with Gasteiger partial charge in [-0.3, -0.25) is 24.5 Å². The van der Waals surface area contributed by atoms with Gasteiger partial charge >= 0.3 is 0 Å². The number of benzene rings is 1. The van der Waals surface area contributed by atoms with Crippen molar-refractivity contribution >= 4 is 33.2 Å². The second-order valence-electron chi connectivity index (χ2n) is 11.5. The monoisotopic (exact) mass is 602 g/mol. The van der Waals surface area contributed by atoms with E-state index in [0.717, 1.165) is 71.7 Å². The number of rotatable bonds is 11.